The fourth-order valence-corrected chi connectivity index (χ4v) is 3.35. The Kier molecular flexibility index (Phi) is 6.50. The van der Waals surface area contributed by atoms with Crippen LogP contribution in [-0.4, -0.2) is 32.1 Å². The molecule has 0 N–H and O–H groups in total. The van der Waals surface area contributed by atoms with Crippen molar-refractivity contribution >= 4 is 5.91 Å². The number of hydrogen-bond acceptors (Lipinski definition) is 3. The van der Waals surface area contributed by atoms with Gasteiger partial charge in [0.15, 0.2) is 11.5 Å². The highest BCUT2D eigenvalue weighted by Gasteiger charge is 2.24. The summed E-state index contributed by atoms with van der Waals surface area (Å²) in [5.41, 5.74) is 2.63. The molecule has 3 rings (SSSR count). The molecule has 1 atom stereocenters. The Morgan fingerprint density at radius 3 is 2.14 bits per heavy atom. The zero-order valence-electron chi connectivity index (χ0n) is 16.8. The first-order chi connectivity index (χ1) is 14.0. The molecule has 1 amide bonds. The fourth-order valence-electron chi connectivity index (χ4n) is 3.35. The molecule has 0 aromatic heterocycles. The van der Waals surface area contributed by atoms with Crippen LogP contribution in [0.1, 0.15) is 22.7 Å². The molecule has 1 unspecified atom stereocenters. The third-order valence-electron chi connectivity index (χ3n) is 4.89. The molecule has 0 aliphatic heterocycles. The van der Waals surface area contributed by atoms with Crippen LogP contribution in [-0.2, 0) is 11.2 Å². The van der Waals surface area contributed by atoms with Crippen molar-refractivity contribution in [1.29, 1.82) is 0 Å². The molecule has 3 aromatic rings. The minimum atomic E-state index is -0.315. The number of carbonyl (C=O) groups is 1. The van der Waals surface area contributed by atoms with E-state index in [2.05, 4.69) is 0 Å². The molecule has 5 heteroatoms. The van der Waals surface area contributed by atoms with Gasteiger partial charge in [0.05, 0.1) is 26.7 Å². The molecular formula is C24H24FNO3. The van der Waals surface area contributed by atoms with Gasteiger partial charge >= 0.3 is 0 Å². The highest BCUT2D eigenvalue weighted by Crippen LogP contribution is 2.30. The zero-order chi connectivity index (χ0) is 20.8. The third kappa shape index (κ3) is 4.74. The minimum Gasteiger partial charge on any atom is -0.493 e. The van der Waals surface area contributed by atoms with Gasteiger partial charge in [-0.1, -0.05) is 48.5 Å². The lowest BCUT2D eigenvalue weighted by molar-refractivity contribution is -0.130. The lowest BCUT2D eigenvalue weighted by Crippen LogP contribution is -2.33. The molecule has 0 radical (unpaired) electrons. The number of rotatable bonds is 7. The third-order valence-corrected chi connectivity index (χ3v) is 4.89. The number of hydrogen-bond donors (Lipinski definition) is 0. The fraction of sp³-hybridized carbons (Fsp3) is 0.208. The number of amides is 1. The van der Waals surface area contributed by atoms with Gasteiger partial charge in [-0.15, -0.1) is 0 Å². The van der Waals surface area contributed by atoms with Crippen LogP contribution in [0.25, 0.3) is 0 Å². The van der Waals surface area contributed by atoms with E-state index in [-0.39, 0.29) is 24.2 Å². The van der Waals surface area contributed by atoms with Gasteiger partial charge < -0.3 is 14.4 Å². The quantitative estimate of drug-likeness (QED) is 0.587. The van der Waals surface area contributed by atoms with E-state index in [4.69, 9.17) is 9.47 Å². The number of halogens is 1. The predicted molar refractivity (Wildman–Crippen MR) is 111 cm³/mol. The molecule has 0 saturated heterocycles. The standard InChI is InChI=1S/C24H24FNO3/c1-26(23(27)16-17-9-14-21(28-2)22(15-17)29-3)24(18-7-5-4-6-8-18)19-10-12-20(25)13-11-19/h4-15,24H,16H2,1-3H3. The summed E-state index contributed by atoms with van der Waals surface area (Å²) in [4.78, 5) is 14.8. The maximum atomic E-state index is 13.4. The second kappa shape index (κ2) is 9.24. The van der Waals surface area contributed by atoms with Crippen LogP contribution in [0.3, 0.4) is 0 Å². The molecule has 3 aromatic carbocycles. The summed E-state index contributed by atoms with van der Waals surface area (Å²) >= 11 is 0. The highest BCUT2D eigenvalue weighted by atomic mass is 19.1. The normalized spacial score (nSPS) is 11.6. The lowest BCUT2D eigenvalue weighted by atomic mass is 9.96. The largest absolute Gasteiger partial charge is 0.493 e. The molecular weight excluding hydrogens is 369 g/mol. The number of nitrogens with zero attached hydrogens (tertiary/aromatic N) is 1. The molecule has 0 aliphatic carbocycles. The molecule has 0 aliphatic rings. The number of methoxy groups -OCH3 is 2. The zero-order valence-corrected chi connectivity index (χ0v) is 16.8. The Bertz CT molecular complexity index is 958. The van der Waals surface area contributed by atoms with Crippen molar-refractivity contribution in [2.45, 2.75) is 12.5 Å². The SMILES string of the molecule is COc1ccc(CC(=O)N(C)C(c2ccccc2)c2ccc(F)cc2)cc1OC. The smallest absolute Gasteiger partial charge is 0.227 e. The maximum absolute atomic E-state index is 13.4. The molecule has 0 spiro atoms. The van der Waals surface area contributed by atoms with Crippen molar-refractivity contribution < 1.29 is 18.7 Å². The molecule has 29 heavy (non-hydrogen) atoms. The van der Waals surface area contributed by atoms with Crippen LogP contribution in [0.2, 0.25) is 0 Å². The second-order valence-corrected chi connectivity index (χ2v) is 6.74. The van der Waals surface area contributed by atoms with Crippen molar-refractivity contribution in [3.8, 4) is 11.5 Å². The van der Waals surface area contributed by atoms with Gasteiger partial charge in [0, 0.05) is 7.05 Å². The average molecular weight is 393 g/mol. The van der Waals surface area contributed by atoms with E-state index in [0.717, 1.165) is 16.7 Å². The molecule has 0 fully saturated rings. The van der Waals surface area contributed by atoms with Gasteiger partial charge in [-0.2, -0.15) is 0 Å². The van der Waals surface area contributed by atoms with Gasteiger partial charge in [0.1, 0.15) is 5.82 Å². The van der Waals surface area contributed by atoms with Gasteiger partial charge in [0.25, 0.3) is 0 Å². The van der Waals surface area contributed by atoms with Crippen molar-refractivity contribution in [3.05, 3.63) is 95.3 Å². The van der Waals surface area contributed by atoms with E-state index in [9.17, 15) is 9.18 Å². The molecule has 0 bridgehead atoms. The highest BCUT2D eigenvalue weighted by molar-refractivity contribution is 5.79. The topological polar surface area (TPSA) is 38.8 Å². The van der Waals surface area contributed by atoms with Crippen LogP contribution in [0.15, 0.2) is 72.8 Å². The average Bonchev–Trinajstić information content (AvgIpc) is 2.75. The van der Waals surface area contributed by atoms with Crippen LogP contribution < -0.4 is 9.47 Å². The number of carbonyl (C=O) groups excluding carboxylic acids is 1. The first-order valence-electron chi connectivity index (χ1n) is 9.30. The van der Waals surface area contributed by atoms with E-state index >= 15 is 0 Å². The van der Waals surface area contributed by atoms with Crippen LogP contribution >= 0.6 is 0 Å². The Morgan fingerprint density at radius 2 is 1.52 bits per heavy atom. The number of ether oxygens (including phenoxy) is 2. The summed E-state index contributed by atoms with van der Waals surface area (Å²) in [5.74, 6) is 0.833. The summed E-state index contributed by atoms with van der Waals surface area (Å²) in [6, 6.07) is 21.1. The lowest BCUT2D eigenvalue weighted by Gasteiger charge is -2.29. The first kappa shape index (κ1) is 20.4. The maximum Gasteiger partial charge on any atom is 0.227 e. The Hall–Kier alpha value is -3.34. The van der Waals surface area contributed by atoms with E-state index in [0.29, 0.717) is 11.5 Å². The number of likely N-dealkylation sites (N-methyl/N-ethyl adjacent to an activating group) is 1. The van der Waals surface area contributed by atoms with Crippen LogP contribution in [0.4, 0.5) is 4.39 Å². The van der Waals surface area contributed by atoms with Gasteiger partial charge in [-0.3, -0.25) is 4.79 Å². The summed E-state index contributed by atoms with van der Waals surface area (Å²) in [7, 11) is 4.91. The van der Waals surface area contributed by atoms with Crippen LogP contribution in [0, 0.1) is 5.82 Å². The van der Waals surface area contributed by atoms with E-state index < -0.39 is 0 Å². The monoisotopic (exact) mass is 393 g/mol. The van der Waals surface area contributed by atoms with Crippen LogP contribution in [0.5, 0.6) is 11.5 Å². The van der Waals surface area contributed by atoms with Crippen molar-refractivity contribution in [3.63, 3.8) is 0 Å². The van der Waals surface area contributed by atoms with Crippen molar-refractivity contribution in [1.82, 2.24) is 4.90 Å². The summed E-state index contributed by atoms with van der Waals surface area (Å²) in [6.45, 7) is 0. The number of benzene rings is 3. The molecule has 0 heterocycles. The predicted octanol–water partition coefficient (Wildman–Crippen LogP) is 4.63. The Labute approximate surface area is 170 Å². The van der Waals surface area contributed by atoms with Crippen molar-refractivity contribution in [2.75, 3.05) is 21.3 Å². The molecule has 150 valence electrons. The minimum absolute atomic E-state index is 0.0598. The van der Waals surface area contributed by atoms with Crippen molar-refractivity contribution in [2.24, 2.45) is 0 Å². The van der Waals surface area contributed by atoms with Gasteiger partial charge in [-0.05, 0) is 41.0 Å². The Morgan fingerprint density at radius 1 is 0.897 bits per heavy atom. The van der Waals surface area contributed by atoms with E-state index in [1.807, 2.05) is 36.4 Å². The first-order valence-corrected chi connectivity index (χ1v) is 9.30. The second-order valence-electron chi connectivity index (χ2n) is 6.74. The molecule has 0 saturated carbocycles. The summed E-state index contributed by atoms with van der Waals surface area (Å²) in [5, 5.41) is 0. The summed E-state index contributed by atoms with van der Waals surface area (Å²) < 4.78 is 24.0. The van der Waals surface area contributed by atoms with E-state index in [1.54, 1.807) is 50.4 Å². The molecule has 4 nitrogen and oxygen atoms in total. The summed E-state index contributed by atoms with van der Waals surface area (Å²) in [6.07, 6.45) is 0.210. The Balaban J connectivity index is 1.88. The van der Waals surface area contributed by atoms with Gasteiger partial charge in [0.2, 0.25) is 5.91 Å². The van der Waals surface area contributed by atoms with Gasteiger partial charge in [-0.25, -0.2) is 4.39 Å². The van der Waals surface area contributed by atoms with E-state index in [1.165, 1.54) is 12.1 Å².